The van der Waals surface area contributed by atoms with E-state index >= 15 is 0 Å². The summed E-state index contributed by atoms with van der Waals surface area (Å²) in [4.78, 5) is 12.4. The number of ether oxygens (including phenoxy) is 1. The van der Waals surface area contributed by atoms with Crippen molar-refractivity contribution in [1.29, 1.82) is 5.26 Å². The first kappa shape index (κ1) is 20.5. The highest BCUT2D eigenvalue weighted by Gasteiger charge is 2.13. The van der Waals surface area contributed by atoms with Crippen LogP contribution in [0.4, 0.5) is 5.69 Å². The molecule has 0 saturated carbocycles. The minimum absolute atomic E-state index is 0.0704. The van der Waals surface area contributed by atoms with Crippen LogP contribution in [0.15, 0.2) is 78.4 Å². The molecule has 1 amide bonds. The Bertz CT molecular complexity index is 1050. The summed E-state index contributed by atoms with van der Waals surface area (Å²) in [5.74, 6) is -0.170. The Morgan fingerprint density at radius 1 is 1.00 bits per heavy atom. The summed E-state index contributed by atoms with van der Waals surface area (Å²) < 4.78 is 5.74. The summed E-state index contributed by atoms with van der Waals surface area (Å²) in [6.07, 6.45) is 1.43. The van der Waals surface area contributed by atoms with Gasteiger partial charge >= 0.3 is 0 Å². The normalized spacial score (nSPS) is 10.9. The third-order valence-electron chi connectivity index (χ3n) is 3.95. The van der Waals surface area contributed by atoms with Gasteiger partial charge in [-0.05, 0) is 41.5 Å². The standard InChI is InChI=1S/C23H16Cl2N2O2/c24-20-12-17(11-18(14-26)23(28)27-19-9-5-2-6-10-19)13-21(25)22(20)29-15-16-7-3-1-4-8-16/h1-13H,15H2,(H,27,28)/b18-11-. The molecule has 29 heavy (non-hydrogen) atoms. The van der Waals surface area contributed by atoms with Crippen LogP contribution in [-0.4, -0.2) is 5.91 Å². The first-order valence-electron chi connectivity index (χ1n) is 8.71. The lowest BCUT2D eigenvalue weighted by molar-refractivity contribution is -0.112. The van der Waals surface area contributed by atoms with Crippen LogP contribution in [0, 0.1) is 11.3 Å². The zero-order chi connectivity index (χ0) is 20.6. The highest BCUT2D eigenvalue weighted by molar-refractivity contribution is 6.37. The molecular formula is C23H16Cl2N2O2. The summed E-state index contributed by atoms with van der Waals surface area (Å²) in [6.45, 7) is 0.318. The van der Waals surface area contributed by atoms with Crippen molar-refractivity contribution in [3.8, 4) is 11.8 Å². The lowest BCUT2D eigenvalue weighted by Gasteiger charge is -2.11. The van der Waals surface area contributed by atoms with Gasteiger partial charge in [0.05, 0.1) is 10.0 Å². The number of carbonyl (C=O) groups excluding carboxylic acids is 1. The molecular weight excluding hydrogens is 407 g/mol. The number of para-hydroxylation sites is 1. The van der Waals surface area contributed by atoms with E-state index in [0.717, 1.165) is 5.56 Å². The predicted octanol–water partition coefficient (Wildman–Crippen LogP) is 6.12. The molecule has 0 fully saturated rings. The topological polar surface area (TPSA) is 62.1 Å². The second kappa shape index (κ2) is 9.79. The number of anilines is 1. The van der Waals surface area contributed by atoms with Gasteiger partial charge in [0, 0.05) is 5.69 Å². The number of hydrogen-bond donors (Lipinski definition) is 1. The minimum atomic E-state index is -0.518. The molecule has 6 heteroatoms. The van der Waals surface area contributed by atoms with Crippen LogP contribution < -0.4 is 10.1 Å². The zero-order valence-electron chi connectivity index (χ0n) is 15.2. The zero-order valence-corrected chi connectivity index (χ0v) is 16.7. The van der Waals surface area contributed by atoms with Crippen molar-refractivity contribution in [3.63, 3.8) is 0 Å². The fourth-order valence-corrected chi connectivity index (χ4v) is 3.18. The Morgan fingerprint density at radius 3 is 2.17 bits per heavy atom. The van der Waals surface area contributed by atoms with Crippen molar-refractivity contribution >= 4 is 40.9 Å². The summed E-state index contributed by atoms with van der Waals surface area (Å²) in [5.41, 5.74) is 2.03. The van der Waals surface area contributed by atoms with Crippen molar-refractivity contribution in [2.24, 2.45) is 0 Å². The molecule has 0 aromatic heterocycles. The Hall–Kier alpha value is -3.26. The Morgan fingerprint density at radius 2 is 1.59 bits per heavy atom. The van der Waals surface area contributed by atoms with Crippen molar-refractivity contribution < 1.29 is 9.53 Å². The van der Waals surface area contributed by atoms with Crippen molar-refractivity contribution in [1.82, 2.24) is 0 Å². The maximum atomic E-state index is 12.4. The van der Waals surface area contributed by atoms with E-state index in [9.17, 15) is 10.1 Å². The van der Waals surface area contributed by atoms with E-state index in [1.54, 1.807) is 36.4 Å². The van der Waals surface area contributed by atoms with Crippen LogP contribution in [-0.2, 0) is 11.4 Å². The summed E-state index contributed by atoms with van der Waals surface area (Å²) in [6, 6.07) is 23.6. The third-order valence-corrected chi connectivity index (χ3v) is 4.52. The number of carbonyl (C=O) groups is 1. The molecule has 0 aliphatic rings. The molecule has 0 saturated heterocycles. The first-order valence-corrected chi connectivity index (χ1v) is 9.46. The molecule has 3 rings (SSSR count). The summed E-state index contributed by atoms with van der Waals surface area (Å²) in [5, 5.41) is 12.6. The van der Waals surface area contributed by atoms with Gasteiger partial charge in [0.1, 0.15) is 18.2 Å². The van der Waals surface area contributed by atoms with E-state index in [0.29, 0.717) is 33.7 Å². The molecule has 3 aromatic rings. The van der Waals surface area contributed by atoms with Crippen LogP contribution in [0.5, 0.6) is 5.75 Å². The smallest absolute Gasteiger partial charge is 0.266 e. The maximum Gasteiger partial charge on any atom is 0.266 e. The molecule has 0 aliphatic carbocycles. The highest BCUT2D eigenvalue weighted by atomic mass is 35.5. The Labute approximate surface area is 179 Å². The second-order valence-electron chi connectivity index (χ2n) is 6.08. The van der Waals surface area contributed by atoms with Crippen LogP contribution in [0.3, 0.4) is 0 Å². The molecule has 3 aromatic carbocycles. The number of benzene rings is 3. The van der Waals surface area contributed by atoms with E-state index in [1.165, 1.54) is 6.08 Å². The maximum absolute atomic E-state index is 12.4. The molecule has 144 valence electrons. The van der Waals surface area contributed by atoms with Gasteiger partial charge in [-0.3, -0.25) is 4.79 Å². The largest absolute Gasteiger partial charge is 0.486 e. The van der Waals surface area contributed by atoms with Crippen molar-refractivity contribution in [3.05, 3.63) is 99.5 Å². The molecule has 0 spiro atoms. The van der Waals surface area contributed by atoms with E-state index in [-0.39, 0.29) is 5.57 Å². The van der Waals surface area contributed by atoms with Crippen LogP contribution in [0.1, 0.15) is 11.1 Å². The molecule has 0 atom stereocenters. The predicted molar refractivity (Wildman–Crippen MR) is 116 cm³/mol. The Balaban J connectivity index is 1.77. The molecule has 4 nitrogen and oxygen atoms in total. The first-order chi connectivity index (χ1) is 14.1. The van der Waals surface area contributed by atoms with Gasteiger partial charge in [-0.15, -0.1) is 0 Å². The van der Waals surface area contributed by atoms with Gasteiger partial charge in [-0.1, -0.05) is 71.7 Å². The van der Waals surface area contributed by atoms with Crippen molar-refractivity contribution in [2.75, 3.05) is 5.32 Å². The monoisotopic (exact) mass is 422 g/mol. The lowest BCUT2D eigenvalue weighted by Crippen LogP contribution is -2.13. The molecule has 1 N–H and O–H groups in total. The number of nitrogens with zero attached hydrogens (tertiary/aromatic N) is 1. The molecule has 0 aliphatic heterocycles. The van der Waals surface area contributed by atoms with E-state index < -0.39 is 5.91 Å². The number of nitrogens with one attached hydrogen (secondary N) is 1. The number of amides is 1. The van der Waals surface area contributed by atoms with Gasteiger partial charge < -0.3 is 10.1 Å². The Kier molecular flexibility index (Phi) is 6.91. The number of hydrogen-bond acceptors (Lipinski definition) is 3. The average Bonchev–Trinajstić information content (AvgIpc) is 2.73. The van der Waals surface area contributed by atoms with Gasteiger partial charge in [-0.2, -0.15) is 5.26 Å². The fourth-order valence-electron chi connectivity index (χ4n) is 2.57. The van der Waals surface area contributed by atoms with E-state index in [1.807, 2.05) is 42.5 Å². The van der Waals surface area contributed by atoms with Crippen LogP contribution in [0.2, 0.25) is 10.0 Å². The highest BCUT2D eigenvalue weighted by Crippen LogP contribution is 2.35. The second-order valence-corrected chi connectivity index (χ2v) is 6.89. The molecule has 0 unspecified atom stereocenters. The third kappa shape index (κ3) is 5.61. The molecule has 0 bridgehead atoms. The molecule has 0 heterocycles. The van der Waals surface area contributed by atoms with Crippen LogP contribution in [0.25, 0.3) is 6.08 Å². The lowest BCUT2D eigenvalue weighted by atomic mass is 10.1. The molecule has 0 radical (unpaired) electrons. The minimum Gasteiger partial charge on any atom is -0.486 e. The van der Waals surface area contributed by atoms with Gasteiger partial charge in [0.15, 0.2) is 5.75 Å². The average molecular weight is 423 g/mol. The number of nitriles is 1. The number of rotatable bonds is 6. The van der Waals surface area contributed by atoms with E-state index in [2.05, 4.69) is 5.32 Å². The summed E-state index contributed by atoms with van der Waals surface area (Å²) >= 11 is 12.6. The van der Waals surface area contributed by atoms with Gasteiger partial charge in [0.2, 0.25) is 0 Å². The van der Waals surface area contributed by atoms with Gasteiger partial charge in [-0.25, -0.2) is 0 Å². The quantitative estimate of drug-likeness (QED) is 0.384. The fraction of sp³-hybridized carbons (Fsp3) is 0.0435. The van der Waals surface area contributed by atoms with E-state index in [4.69, 9.17) is 27.9 Å². The summed E-state index contributed by atoms with van der Waals surface area (Å²) in [7, 11) is 0. The SMILES string of the molecule is N#C/C(=C/c1cc(Cl)c(OCc2ccccc2)c(Cl)c1)C(=O)Nc1ccccc1. The number of halogens is 2. The van der Waals surface area contributed by atoms with Crippen LogP contribution >= 0.6 is 23.2 Å². The van der Waals surface area contributed by atoms with Crippen molar-refractivity contribution in [2.45, 2.75) is 6.61 Å². The van der Waals surface area contributed by atoms with Gasteiger partial charge in [0.25, 0.3) is 5.91 Å².